The first kappa shape index (κ1) is 18.0. The standard InChI is InChI=1S/C19H21N3O4/c1-25-12-17(23)22-8-5-13-10-15(19(24)26-2)18(21-16(13)6-9-22)14-4-3-7-20-11-14/h3-4,7,10-11H,5-6,8-9,12H2,1-2H3. The van der Waals surface area contributed by atoms with Crippen LogP contribution in [0.3, 0.4) is 0 Å². The van der Waals surface area contributed by atoms with E-state index >= 15 is 0 Å². The van der Waals surface area contributed by atoms with Crippen LogP contribution in [0.4, 0.5) is 0 Å². The molecule has 0 saturated carbocycles. The molecule has 0 bridgehead atoms. The Hall–Kier alpha value is -2.80. The zero-order valence-corrected chi connectivity index (χ0v) is 14.9. The van der Waals surface area contributed by atoms with Crippen LogP contribution in [0.15, 0.2) is 30.6 Å². The van der Waals surface area contributed by atoms with E-state index in [0.717, 1.165) is 16.8 Å². The number of pyridine rings is 2. The minimum Gasteiger partial charge on any atom is -0.465 e. The maximum absolute atomic E-state index is 12.3. The van der Waals surface area contributed by atoms with Crippen LogP contribution in [-0.4, -0.2) is 60.7 Å². The van der Waals surface area contributed by atoms with Gasteiger partial charge >= 0.3 is 5.97 Å². The number of hydrogen-bond acceptors (Lipinski definition) is 6. The molecule has 0 fully saturated rings. The van der Waals surface area contributed by atoms with Gasteiger partial charge in [-0.2, -0.15) is 0 Å². The molecule has 3 rings (SSSR count). The number of methoxy groups -OCH3 is 2. The third-order valence-corrected chi connectivity index (χ3v) is 4.42. The zero-order valence-electron chi connectivity index (χ0n) is 14.9. The number of esters is 1. The first-order chi connectivity index (χ1) is 12.6. The summed E-state index contributed by atoms with van der Waals surface area (Å²) >= 11 is 0. The number of nitrogens with zero attached hydrogens (tertiary/aromatic N) is 3. The van der Waals surface area contributed by atoms with Gasteiger partial charge in [0.2, 0.25) is 5.91 Å². The molecule has 26 heavy (non-hydrogen) atoms. The number of rotatable bonds is 4. The molecule has 1 aliphatic rings. The van der Waals surface area contributed by atoms with Crippen LogP contribution in [0, 0.1) is 0 Å². The van der Waals surface area contributed by atoms with Crippen LogP contribution in [0.1, 0.15) is 21.6 Å². The summed E-state index contributed by atoms with van der Waals surface area (Å²) in [4.78, 5) is 35.0. The quantitative estimate of drug-likeness (QED) is 0.773. The number of ether oxygens (including phenoxy) is 2. The van der Waals surface area contributed by atoms with Crippen molar-refractivity contribution in [2.45, 2.75) is 12.8 Å². The Morgan fingerprint density at radius 1 is 1.23 bits per heavy atom. The van der Waals surface area contributed by atoms with Crippen LogP contribution >= 0.6 is 0 Å². The minimum absolute atomic E-state index is 0.0408. The zero-order chi connectivity index (χ0) is 18.5. The van der Waals surface area contributed by atoms with E-state index in [1.54, 1.807) is 23.4 Å². The van der Waals surface area contributed by atoms with E-state index in [-0.39, 0.29) is 12.5 Å². The van der Waals surface area contributed by atoms with Crippen LogP contribution in [0.5, 0.6) is 0 Å². The number of carbonyl (C=O) groups is 2. The Bertz CT molecular complexity index is 808. The fourth-order valence-corrected chi connectivity index (χ4v) is 3.09. The molecule has 0 N–H and O–H groups in total. The highest BCUT2D eigenvalue weighted by Gasteiger charge is 2.23. The monoisotopic (exact) mass is 355 g/mol. The molecule has 0 radical (unpaired) electrons. The normalized spacial score (nSPS) is 13.7. The molecule has 7 nitrogen and oxygen atoms in total. The Morgan fingerprint density at radius 2 is 2.04 bits per heavy atom. The van der Waals surface area contributed by atoms with Crippen molar-refractivity contribution in [1.82, 2.24) is 14.9 Å². The fourth-order valence-electron chi connectivity index (χ4n) is 3.09. The van der Waals surface area contributed by atoms with Gasteiger partial charge in [-0.05, 0) is 30.2 Å². The van der Waals surface area contributed by atoms with Gasteiger partial charge in [0.15, 0.2) is 0 Å². The number of aromatic nitrogens is 2. The van der Waals surface area contributed by atoms with Gasteiger partial charge in [0.1, 0.15) is 6.61 Å². The fraction of sp³-hybridized carbons (Fsp3) is 0.368. The van der Waals surface area contributed by atoms with Gasteiger partial charge in [-0.3, -0.25) is 14.8 Å². The second-order valence-electron chi connectivity index (χ2n) is 6.04. The molecule has 2 aromatic rings. The highest BCUT2D eigenvalue weighted by molar-refractivity contribution is 5.96. The highest BCUT2D eigenvalue weighted by atomic mass is 16.5. The lowest BCUT2D eigenvalue weighted by atomic mass is 10.0. The molecule has 1 aliphatic heterocycles. The Morgan fingerprint density at radius 3 is 2.73 bits per heavy atom. The summed E-state index contributed by atoms with van der Waals surface area (Å²) in [6.45, 7) is 1.22. The van der Waals surface area contributed by atoms with Crippen molar-refractivity contribution in [2.24, 2.45) is 0 Å². The number of carbonyl (C=O) groups excluding carboxylic acids is 2. The van der Waals surface area contributed by atoms with E-state index in [1.165, 1.54) is 14.2 Å². The summed E-state index contributed by atoms with van der Waals surface area (Å²) in [5, 5.41) is 0. The summed E-state index contributed by atoms with van der Waals surface area (Å²) in [6, 6.07) is 5.50. The molecule has 0 spiro atoms. The van der Waals surface area contributed by atoms with Crippen molar-refractivity contribution in [3.05, 3.63) is 47.4 Å². The van der Waals surface area contributed by atoms with Gasteiger partial charge in [0.05, 0.1) is 18.4 Å². The summed E-state index contributed by atoms with van der Waals surface area (Å²) < 4.78 is 9.87. The summed E-state index contributed by atoms with van der Waals surface area (Å²) in [5.74, 6) is -0.475. The first-order valence-electron chi connectivity index (χ1n) is 8.42. The van der Waals surface area contributed by atoms with Crippen molar-refractivity contribution in [3.63, 3.8) is 0 Å². The van der Waals surface area contributed by atoms with Crippen molar-refractivity contribution < 1.29 is 19.1 Å². The van der Waals surface area contributed by atoms with E-state index in [2.05, 4.69) is 4.98 Å². The maximum atomic E-state index is 12.3. The maximum Gasteiger partial charge on any atom is 0.340 e. The van der Waals surface area contributed by atoms with E-state index in [4.69, 9.17) is 14.5 Å². The van der Waals surface area contributed by atoms with Crippen molar-refractivity contribution in [1.29, 1.82) is 0 Å². The molecule has 3 heterocycles. The lowest BCUT2D eigenvalue weighted by Crippen LogP contribution is -2.35. The van der Waals surface area contributed by atoms with E-state index in [9.17, 15) is 9.59 Å². The molecule has 7 heteroatoms. The molecular formula is C19H21N3O4. The van der Waals surface area contributed by atoms with Gasteiger partial charge in [0.25, 0.3) is 0 Å². The molecule has 0 atom stereocenters. The van der Waals surface area contributed by atoms with Crippen molar-refractivity contribution in [3.8, 4) is 11.3 Å². The molecule has 0 saturated heterocycles. The van der Waals surface area contributed by atoms with Crippen molar-refractivity contribution in [2.75, 3.05) is 33.9 Å². The van der Waals surface area contributed by atoms with Crippen LogP contribution in [-0.2, 0) is 27.1 Å². The summed E-state index contributed by atoms with van der Waals surface area (Å²) in [5.41, 5.74) is 3.58. The lowest BCUT2D eigenvalue weighted by molar-refractivity contribution is -0.135. The SMILES string of the molecule is COCC(=O)N1CCc2cc(C(=O)OC)c(-c3cccnc3)nc2CC1. The predicted molar refractivity (Wildman–Crippen MR) is 94.7 cm³/mol. The Balaban J connectivity index is 1.98. The molecule has 136 valence electrons. The van der Waals surface area contributed by atoms with Crippen LogP contribution < -0.4 is 0 Å². The molecule has 0 aliphatic carbocycles. The van der Waals surface area contributed by atoms with Gasteiger partial charge < -0.3 is 14.4 Å². The van der Waals surface area contributed by atoms with Crippen molar-refractivity contribution >= 4 is 11.9 Å². The molecule has 2 aromatic heterocycles. The molecular weight excluding hydrogens is 334 g/mol. The first-order valence-corrected chi connectivity index (χ1v) is 8.42. The van der Waals surface area contributed by atoms with Gasteiger partial charge in [0, 0.05) is 50.3 Å². The summed E-state index contributed by atoms with van der Waals surface area (Å²) in [6.07, 6.45) is 4.60. The number of amides is 1. The third kappa shape index (κ3) is 3.72. The van der Waals surface area contributed by atoms with Gasteiger partial charge in [-0.25, -0.2) is 4.79 Å². The third-order valence-electron chi connectivity index (χ3n) is 4.42. The Labute approximate surface area is 152 Å². The molecule has 1 amide bonds. The average Bonchev–Trinajstić information content (AvgIpc) is 2.89. The Kier molecular flexibility index (Phi) is 5.58. The van der Waals surface area contributed by atoms with Gasteiger partial charge in [-0.1, -0.05) is 0 Å². The second-order valence-corrected chi connectivity index (χ2v) is 6.04. The lowest BCUT2D eigenvalue weighted by Gasteiger charge is -2.19. The van der Waals surface area contributed by atoms with Gasteiger partial charge in [-0.15, -0.1) is 0 Å². The van der Waals surface area contributed by atoms with Crippen LogP contribution in [0.25, 0.3) is 11.3 Å². The smallest absolute Gasteiger partial charge is 0.340 e. The summed E-state index contributed by atoms with van der Waals surface area (Å²) in [7, 11) is 2.86. The molecule has 0 unspecified atom stereocenters. The largest absolute Gasteiger partial charge is 0.465 e. The van der Waals surface area contributed by atoms with E-state index in [1.807, 2.05) is 12.1 Å². The topological polar surface area (TPSA) is 81.6 Å². The number of fused-ring (bicyclic) bond motifs is 1. The average molecular weight is 355 g/mol. The van der Waals surface area contributed by atoms with Crippen LogP contribution in [0.2, 0.25) is 0 Å². The second kappa shape index (κ2) is 8.05. The highest BCUT2D eigenvalue weighted by Crippen LogP contribution is 2.26. The minimum atomic E-state index is -0.435. The van der Waals surface area contributed by atoms with E-state index in [0.29, 0.717) is 37.2 Å². The van der Waals surface area contributed by atoms with E-state index < -0.39 is 5.97 Å². The molecule has 0 aromatic carbocycles. The predicted octanol–water partition coefficient (Wildman–Crippen LogP) is 1.50. The number of hydrogen-bond donors (Lipinski definition) is 0.